The van der Waals surface area contributed by atoms with E-state index in [-0.39, 0.29) is 5.82 Å². The highest BCUT2D eigenvalue weighted by Crippen LogP contribution is 2.28. The minimum Gasteiger partial charge on any atom is -0.354 e. The average molecular weight is 219 g/mol. The fourth-order valence-electron chi connectivity index (χ4n) is 2.43. The van der Waals surface area contributed by atoms with Gasteiger partial charge in [-0.05, 0) is 24.1 Å². The minimum absolute atomic E-state index is 0.173. The third-order valence-corrected chi connectivity index (χ3v) is 3.20. The molecular formula is C12H14FN3. The van der Waals surface area contributed by atoms with Crippen LogP contribution in [0.2, 0.25) is 0 Å². The molecule has 1 saturated heterocycles. The molecule has 1 fully saturated rings. The van der Waals surface area contributed by atoms with E-state index in [0.717, 1.165) is 32.0 Å². The van der Waals surface area contributed by atoms with Crippen LogP contribution in [0.5, 0.6) is 0 Å². The maximum atomic E-state index is 12.9. The van der Waals surface area contributed by atoms with E-state index in [1.165, 1.54) is 17.7 Å². The van der Waals surface area contributed by atoms with Crippen LogP contribution in [0.25, 0.3) is 0 Å². The van der Waals surface area contributed by atoms with E-state index in [0.29, 0.717) is 6.04 Å². The second-order valence-electron chi connectivity index (χ2n) is 4.18. The van der Waals surface area contributed by atoms with Gasteiger partial charge in [0.1, 0.15) is 5.82 Å². The van der Waals surface area contributed by atoms with Gasteiger partial charge in [-0.1, -0.05) is 12.1 Å². The van der Waals surface area contributed by atoms with Crippen molar-refractivity contribution in [3.8, 4) is 0 Å². The molecule has 16 heavy (non-hydrogen) atoms. The predicted octanol–water partition coefficient (Wildman–Crippen LogP) is 1.53. The summed E-state index contributed by atoms with van der Waals surface area (Å²) < 4.78 is 12.9. The number of nitrogens with zero attached hydrogens (tertiary/aromatic N) is 2. The Morgan fingerprint density at radius 1 is 1.31 bits per heavy atom. The van der Waals surface area contributed by atoms with E-state index in [9.17, 15) is 4.39 Å². The molecule has 3 rings (SSSR count). The Kier molecular flexibility index (Phi) is 2.27. The van der Waals surface area contributed by atoms with Gasteiger partial charge in [-0.25, -0.2) is 4.39 Å². The number of halogens is 1. The first-order valence-electron chi connectivity index (χ1n) is 5.65. The maximum absolute atomic E-state index is 12.9. The van der Waals surface area contributed by atoms with Crippen molar-refractivity contribution < 1.29 is 4.39 Å². The summed E-state index contributed by atoms with van der Waals surface area (Å²) in [5.74, 6) is 0.827. The molecule has 0 saturated carbocycles. The van der Waals surface area contributed by atoms with Crippen LogP contribution >= 0.6 is 0 Å². The number of aliphatic imine (C=N–C) groups is 1. The number of rotatable bonds is 1. The number of benzene rings is 1. The molecule has 1 unspecified atom stereocenters. The molecule has 0 radical (unpaired) electrons. The van der Waals surface area contributed by atoms with E-state index in [1.807, 2.05) is 12.1 Å². The molecule has 4 heteroatoms. The highest BCUT2D eigenvalue weighted by atomic mass is 19.1. The average Bonchev–Trinajstić information content (AvgIpc) is 2.78. The lowest BCUT2D eigenvalue weighted by Gasteiger charge is -2.32. The van der Waals surface area contributed by atoms with Gasteiger partial charge in [0.25, 0.3) is 0 Å². The molecule has 1 atom stereocenters. The Labute approximate surface area is 94.0 Å². The molecular weight excluding hydrogens is 205 g/mol. The normalized spacial score (nSPS) is 23.7. The van der Waals surface area contributed by atoms with Crippen LogP contribution in [0, 0.1) is 5.82 Å². The maximum Gasteiger partial charge on any atom is 0.194 e. The first-order valence-corrected chi connectivity index (χ1v) is 5.65. The van der Waals surface area contributed by atoms with Gasteiger partial charge in [0, 0.05) is 19.6 Å². The van der Waals surface area contributed by atoms with Gasteiger partial charge in [-0.2, -0.15) is 0 Å². The Bertz CT molecular complexity index is 413. The van der Waals surface area contributed by atoms with Crippen LogP contribution in [-0.2, 0) is 0 Å². The van der Waals surface area contributed by atoms with Crippen molar-refractivity contribution in [2.75, 3.05) is 19.6 Å². The zero-order valence-corrected chi connectivity index (χ0v) is 8.99. The standard InChI is InChI=1S/C12H14FN3/c13-10-3-1-9(2-4-10)11-5-6-14-12-15-7-8-16(11)12/h1-4,11H,5-8H2,(H,14,15). The first-order chi connectivity index (χ1) is 7.84. The third kappa shape index (κ3) is 1.54. The Morgan fingerprint density at radius 2 is 2.12 bits per heavy atom. The van der Waals surface area contributed by atoms with Crippen LogP contribution < -0.4 is 5.32 Å². The monoisotopic (exact) mass is 219 g/mol. The Hall–Kier alpha value is -1.58. The summed E-state index contributed by atoms with van der Waals surface area (Å²) in [6.45, 7) is 2.79. The third-order valence-electron chi connectivity index (χ3n) is 3.20. The van der Waals surface area contributed by atoms with Crippen molar-refractivity contribution in [1.82, 2.24) is 10.2 Å². The van der Waals surface area contributed by atoms with Crippen molar-refractivity contribution in [3.05, 3.63) is 35.6 Å². The molecule has 0 spiro atoms. The SMILES string of the molecule is Fc1ccc(C2CCN=C3NCCN32)cc1. The van der Waals surface area contributed by atoms with Crippen LogP contribution in [0.1, 0.15) is 18.0 Å². The molecule has 0 aromatic heterocycles. The molecule has 1 aromatic carbocycles. The zero-order valence-electron chi connectivity index (χ0n) is 8.99. The number of fused-ring (bicyclic) bond motifs is 1. The summed E-state index contributed by atoms with van der Waals surface area (Å²) >= 11 is 0. The largest absolute Gasteiger partial charge is 0.354 e. The summed E-state index contributed by atoms with van der Waals surface area (Å²) in [5, 5.41) is 3.27. The Balaban J connectivity index is 1.89. The summed E-state index contributed by atoms with van der Waals surface area (Å²) in [6, 6.07) is 7.17. The van der Waals surface area contributed by atoms with Crippen LogP contribution in [-0.4, -0.2) is 30.5 Å². The van der Waals surface area contributed by atoms with Crippen molar-refractivity contribution in [2.24, 2.45) is 4.99 Å². The second kappa shape index (κ2) is 3.77. The molecule has 2 heterocycles. The van der Waals surface area contributed by atoms with E-state index < -0.39 is 0 Å². The highest BCUT2D eigenvalue weighted by molar-refractivity contribution is 5.82. The van der Waals surface area contributed by atoms with Gasteiger partial charge < -0.3 is 10.2 Å². The summed E-state index contributed by atoms with van der Waals surface area (Å²) in [5.41, 5.74) is 1.18. The van der Waals surface area contributed by atoms with Crippen LogP contribution in [0.15, 0.2) is 29.3 Å². The summed E-state index contributed by atoms with van der Waals surface area (Å²) in [4.78, 5) is 6.72. The lowest BCUT2D eigenvalue weighted by Crippen LogP contribution is -2.37. The highest BCUT2D eigenvalue weighted by Gasteiger charge is 2.29. The topological polar surface area (TPSA) is 27.6 Å². The molecule has 3 nitrogen and oxygen atoms in total. The molecule has 84 valence electrons. The number of nitrogens with one attached hydrogen (secondary N) is 1. The molecule has 0 amide bonds. The summed E-state index contributed by atoms with van der Waals surface area (Å²) in [7, 11) is 0. The molecule has 1 aromatic rings. The van der Waals surface area contributed by atoms with Crippen molar-refractivity contribution in [3.63, 3.8) is 0 Å². The van der Waals surface area contributed by atoms with Gasteiger partial charge in [0.15, 0.2) is 5.96 Å². The quantitative estimate of drug-likeness (QED) is 0.775. The number of guanidine groups is 1. The zero-order chi connectivity index (χ0) is 11.0. The fraction of sp³-hybridized carbons (Fsp3) is 0.417. The smallest absolute Gasteiger partial charge is 0.194 e. The van der Waals surface area contributed by atoms with Gasteiger partial charge in [0.05, 0.1) is 6.04 Å². The summed E-state index contributed by atoms with van der Waals surface area (Å²) in [6.07, 6.45) is 1.01. The van der Waals surface area contributed by atoms with E-state index >= 15 is 0 Å². The van der Waals surface area contributed by atoms with E-state index in [1.54, 1.807) is 0 Å². The molecule has 0 bridgehead atoms. The number of hydrogen-bond donors (Lipinski definition) is 1. The predicted molar refractivity (Wildman–Crippen MR) is 60.8 cm³/mol. The Morgan fingerprint density at radius 3 is 2.94 bits per heavy atom. The van der Waals surface area contributed by atoms with Crippen molar-refractivity contribution >= 4 is 5.96 Å². The molecule has 0 aliphatic carbocycles. The van der Waals surface area contributed by atoms with Crippen LogP contribution in [0.4, 0.5) is 4.39 Å². The molecule has 1 N–H and O–H groups in total. The molecule has 2 aliphatic rings. The minimum atomic E-state index is -0.173. The lowest BCUT2D eigenvalue weighted by molar-refractivity contribution is 0.314. The number of hydrogen-bond acceptors (Lipinski definition) is 3. The van der Waals surface area contributed by atoms with Crippen molar-refractivity contribution in [2.45, 2.75) is 12.5 Å². The van der Waals surface area contributed by atoms with Gasteiger partial charge in [-0.15, -0.1) is 0 Å². The van der Waals surface area contributed by atoms with Crippen LogP contribution in [0.3, 0.4) is 0 Å². The lowest BCUT2D eigenvalue weighted by atomic mass is 10.0. The molecule has 2 aliphatic heterocycles. The van der Waals surface area contributed by atoms with Gasteiger partial charge >= 0.3 is 0 Å². The second-order valence-corrected chi connectivity index (χ2v) is 4.18. The fourth-order valence-corrected chi connectivity index (χ4v) is 2.43. The van der Waals surface area contributed by atoms with Gasteiger partial charge in [0.2, 0.25) is 0 Å². The van der Waals surface area contributed by atoms with Gasteiger partial charge in [-0.3, -0.25) is 4.99 Å². The first kappa shape index (κ1) is 9.63. The van der Waals surface area contributed by atoms with Crippen molar-refractivity contribution in [1.29, 1.82) is 0 Å². The van der Waals surface area contributed by atoms with E-state index in [2.05, 4.69) is 15.2 Å². The van der Waals surface area contributed by atoms with E-state index in [4.69, 9.17) is 0 Å².